The number of nitrogens with zero attached hydrogens (tertiary/aromatic N) is 4. The van der Waals surface area contributed by atoms with E-state index in [0.29, 0.717) is 0 Å². The minimum Gasteiger partial charge on any atom is -0.395 e. The smallest absolute Gasteiger partial charge is 0.395 e. The lowest BCUT2D eigenvalue weighted by atomic mass is 9.96. The summed E-state index contributed by atoms with van der Waals surface area (Å²) in [5.74, 6) is 0.360. The lowest BCUT2D eigenvalue weighted by Crippen LogP contribution is -2.46. The van der Waals surface area contributed by atoms with Gasteiger partial charge >= 0.3 is 21.2 Å². The van der Waals surface area contributed by atoms with Crippen molar-refractivity contribution in [2.24, 2.45) is 10.8 Å². The minimum absolute atomic E-state index is 0. The average molecular weight is 1230 g/mol. The molecule has 5 aromatic rings. The maximum absolute atomic E-state index is 13.7. The van der Waals surface area contributed by atoms with Gasteiger partial charge in [0, 0.05) is 36.9 Å². The normalized spacial score (nSPS) is 24.2. The summed E-state index contributed by atoms with van der Waals surface area (Å²) in [4.78, 5) is 59.2. The third-order valence-corrected chi connectivity index (χ3v) is 18.5. The maximum Gasteiger partial charge on any atom is 0.405 e. The van der Waals surface area contributed by atoms with E-state index in [1.54, 1.807) is 27.7 Å². The first-order valence-corrected chi connectivity index (χ1v) is 30.4. The summed E-state index contributed by atoms with van der Waals surface area (Å²) < 4.78 is 63.8. The summed E-state index contributed by atoms with van der Waals surface area (Å²) in [5, 5.41) is 67.6. The lowest BCUT2D eigenvalue weighted by molar-refractivity contribution is -0.120. The molecule has 0 saturated carbocycles. The lowest BCUT2D eigenvalue weighted by Gasteiger charge is -2.27. The highest BCUT2D eigenvalue weighted by molar-refractivity contribution is 8.14. The maximum atomic E-state index is 13.7. The van der Waals surface area contributed by atoms with Gasteiger partial charge in [-0.3, -0.25) is 37.0 Å². The number of hydrogen-bond donors (Lipinski definition) is 11. The third-order valence-electron chi connectivity index (χ3n) is 13.0. The Morgan fingerprint density at radius 3 is 1.61 bits per heavy atom. The molecule has 10 unspecified atom stereocenters. The van der Waals surface area contributed by atoms with Crippen LogP contribution in [-0.2, 0) is 59.4 Å². The number of H-pyrrole nitrogens is 1. The number of pyridine rings is 1. The Labute approximate surface area is 482 Å². The molecule has 27 nitrogen and oxygen atoms in total. The Morgan fingerprint density at radius 2 is 1.18 bits per heavy atom. The fourth-order valence-corrected chi connectivity index (χ4v) is 12.4. The van der Waals surface area contributed by atoms with E-state index in [1.165, 1.54) is 43.1 Å². The number of aromatic amines is 1. The van der Waals surface area contributed by atoms with Crippen molar-refractivity contribution in [3.63, 3.8) is 0 Å². The van der Waals surface area contributed by atoms with Crippen LogP contribution < -0.4 is 32.9 Å². The molecule has 13 N–H and O–H groups in total. The number of aliphatic hydroxyl groups is 6. The van der Waals surface area contributed by atoms with E-state index in [1.807, 2.05) is 60.7 Å². The molecule has 31 heteroatoms. The molecule has 0 amide bonds. The van der Waals surface area contributed by atoms with E-state index in [4.69, 9.17) is 39.0 Å². The van der Waals surface area contributed by atoms with Gasteiger partial charge in [0.05, 0.1) is 62.3 Å². The van der Waals surface area contributed by atoms with Gasteiger partial charge in [-0.05, 0) is 58.7 Å². The molecule has 2 aliphatic heterocycles. The summed E-state index contributed by atoms with van der Waals surface area (Å²) in [5.41, 5.74) is 6.31. The number of benzene rings is 2. The largest absolute Gasteiger partial charge is 0.405 e. The fourth-order valence-electron chi connectivity index (χ4n) is 7.88. The van der Waals surface area contributed by atoms with Gasteiger partial charge in [0.25, 0.3) is 5.56 Å². The summed E-state index contributed by atoms with van der Waals surface area (Å²) in [6.07, 6.45) is -5.30. The molecule has 0 radical (unpaired) electrons. The number of anilines is 2. The van der Waals surface area contributed by atoms with Crippen LogP contribution in [0.25, 0.3) is 11.0 Å². The number of nitrogen functional groups attached to an aromatic ring is 2. The molecule has 0 bridgehead atoms. The first kappa shape index (κ1) is 68.1. The van der Waals surface area contributed by atoms with E-state index >= 15 is 0 Å². The number of imidazole rings is 1. The van der Waals surface area contributed by atoms with Gasteiger partial charge in [0.2, 0.25) is 0 Å². The highest BCUT2D eigenvalue weighted by Gasteiger charge is 2.55. The third kappa shape index (κ3) is 17.2. The number of ether oxygens (including phenoxy) is 2. The number of hydrogen-bond acceptors (Lipinski definition) is 24. The fraction of sp³-hybridized carbons (Fsp3) is 0.529. The van der Waals surface area contributed by atoms with E-state index in [-0.39, 0.29) is 91.3 Å². The van der Waals surface area contributed by atoms with Crippen molar-refractivity contribution in [2.45, 2.75) is 110 Å². The first-order chi connectivity index (χ1) is 38.1. The van der Waals surface area contributed by atoms with Crippen molar-refractivity contribution in [2.75, 3.05) is 62.6 Å². The predicted molar refractivity (Wildman–Crippen MR) is 308 cm³/mol. The van der Waals surface area contributed by atoms with Crippen LogP contribution in [0.2, 0.25) is 0 Å². The molecule has 2 aromatic carbocycles. The molecule has 2 saturated heterocycles. The Hall–Kier alpha value is -4.72. The monoisotopic (exact) mass is 1230 g/mol. The molecule has 10 atom stereocenters. The Balaban J connectivity index is 0.000000298. The van der Waals surface area contributed by atoms with Gasteiger partial charge in [0.1, 0.15) is 47.3 Å². The molecule has 7 rings (SSSR count). The molecule has 2 fully saturated rings. The first-order valence-electron chi connectivity index (χ1n) is 25.3. The number of nitrogens with two attached hydrogens (primary N) is 2. The van der Waals surface area contributed by atoms with Gasteiger partial charge < -0.3 is 61.1 Å². The minimum atomic E-state index is -4.02. The molecule has 0 spiro atoms. The van der Waals surface area contributed by atoms with Crippen molar-refractivity contribution in [1.29, 1.82) is 0 Å². The number of aromatic nitrogens is 5. The van der Waals surface area contributed by atoms with Gasteiger partial charge in [-0.15, -0.1) is 0 Å². The van der Waals surface area contributed by atoms with Crippen molar-refractivity contribution in [1.82, 2.24) is 34.3 Å². The zero-order valence-corrected chi connectivity index (χ0v) is 48.8. The number of carbonyl (C=O) groups is 2. The van der Waals surface area contributed by atoms with Crippen molar-refractivity contribution in [3.05, 3.63) is 117 Å². The van der Waals surface area contributed by atoms with Crippen LogP contribution in [-0.4, -0.2) is 152 Å². The number of thioether (sulfide) groups is 2. The van der Waals surface area contributed by atoms with E-state index in [0.717, 1.165) is 39.2 Å². The van der Waals surface area contributed by atoms with Crippen molar-refractivity contribution in [3.8, 4) is 0 Å². The Morgan fingerprint density at radius 1 is 0.744 bits per heavy atom. The Kier molecular flexibility index (Phi) is 24.0. The van der Waals surface area contributed by atoms with Crippen LogP contribution in [0.3, 0.4) is 0 Å². The van der Waals surface area contributed by atoms with Crippen LogP contribution in [0.4, 0.5) is 11.6 Å². The highest BCUT2D eigenvalue weighted by atomic mass is 32.2. The summed E-state index contributed by atoms with van der Waals surface area (Å²) in [6, 6.07) is 21.0. The molecule has 2 aliphatic rings. The Bertz CT molecular complexity index is 3140. The number of carbonyl (C=O) groups excluding carboxylic acids is 2. The van der Waals surface area contributed by atoms with Crippen LogP contribution in [0, 0.1) is 10.8 Å². The topological polar surface area (TPSA) is 407 Å². The van der Waals surface area contributed by atoms with Crippen LogP contribution >= 0.6 is 39.0 Å². The second kappa shape index (κ2) is 28.9. The number of rotatable bonds is 26. The molecule has 0 aliphatic carbocycles. The molecular weight excluding hydrogens is 1150 g/mol. The van der Waals surface area contributed by atoms with Gasteiger partial charge in [-0.25, -0.2) is 29.1 Å². The molecule has 3 aromatic heterocycles. The number of aliphatic hydroxyl groups excluding tert-OH is 4. The second-order valence-electron chi connectivity index (χ2n) is 20.6. The molecular formula is C51H75N9O18P2S2. The molecule has 454 valence electrons. The number of fused-ring (bicyclic) bond motifs is 1. The predicted octanol–water partition coefficient (Wildman–Crippen LogP) is 3.21. The zero-order valence-electron chi connectivity index (χ0n) is 45.4. The van der Waals surface area contributed by atoms with Crippen LogP contribution in [0.15, 0.2) is 94.9 Å². The van der Waals surface area contributed by atoms with Gasteiger partial charge in [-0.1, -0.05) is 91.6 Å². The standard InChI is InChI=1S/C26H36N5O9PS.C24H35N4O9PS.CH4/c1-25(2,14-32)24(35)42-10-9-38-41(37,29-12-16-7-5-4-6-8-16)39-13-18-21(33)26(3,36)23(40-18)31-15-28-20-17(31)11-19(27)30-22(20)34;1-23(2,15-29)21(31)39-12-11-35-38(34,26-13-16-7-5-4-6-8-16)36-14-17-19(30)24(3,33)20(37-17)28-10-9-18(25)27-22(28)32;/h4-8,11,15,18,21,23,32-33,36H,9-10,12-14H2,1-3H3,(H,29,37)(H3,27,30,34);4-10,17,19-20,29-30,33H,11-15H2,1-3H3,(H,26,34)(H2,25,27,32);1H4. The highest BCUT2D eigenvalue weighted by Crippen LogP contribution is 2.48. The molecule has 82 heavy (non-hydrogen) atoms. The van der Waals surface area contributed by atoms with Crippen molar-refractivity contribution < 1.29 is 76.9 Å². The quantitative estimate of drug-likeness (QED) is 0.0280. The average Bonchev–Trinajstić information content (AvgIpc) is 3.93. The van der Waals surface area contributed by atoms with Crippen molar-refractivity contribution >= 4 is 71.9 Å². The zero-order chi connectivity index (χ0) is 59.6. The van der Waals surface area contributed by atoms with E-state index in [9.17, 15) is 58.9 Å². The van der Waals surface area contributed by atoms with Gasteiger partial charge in [-0.2, -0.15) is 4.98 Å². The van der Waals surface area contributed by atoms with E-state index < -0.39 is 98.9 Å². The summed E-state index contributed by atoms with van der Waals surface area (Å²) in [7, 11) is -8.04. The van der Waals surface area contributed by atoms with E-state index in [2.05, 4.69) is 25.1 Å². The SMILES string of the molecule is C.CC(C)(CO)C(=O)SCCOP(=O)(NCc1ccccc1)OCC1OC(n2ccc(N)nc2=O)C(C)(O)C1O.CC(C)(CO)C(=O)SCCOP(=O)(NCc1ccccc1)OCC1OC(n2cnc3c(=O)[nH]c(N)cc32)C(C)(O)C1O. The number of nitrogens with one attached hydrogen (secondary N) is 3. The second-order valence-corrected chi connectivity index (χ2v) is 26.4. The molecule has 5 heterocycles. The van der Waals surface area contributed by atoms with Crippen LogP contribution in [0.1, 0.15) is 72.6 Å². The summed E-state index contributed by atoms with van der Waals surface area (Å²) >= 11 is 1.87. The summed E-state index contributed by atoms with van der Waals surface area (Å²) in [6.45, 7) is 7.59. The van der Waals surface area contributed by atoms with Crippen LogP contribution in [0.5, 0.6) is 0 Å². The van der Waals surface area contributed by atoms with Gasteiger partial charge in [0.15, 0.2) is 28.2 Å².